The minimum absolute atomic E-state index is 0.298. The van der Waals surface area contributed by atoms with E-state index in [9.17, 15) is 4.79 Å². The van der Waals surface area contributed by atoms with Crippen molar-refractivity contribution in [1.29, 1.82) is 0 Å². The number of esters is 1. The maximum atomic E-state index is 11.6. The summed E-state index contributed by atoms with van der Waals surface area (Å²) < 4.78 is 4.98. The summed E-state index contributed by atoms with van der Waals surface area (Å²) in [7, 11) is 0. The Balaban J connectivity index is 2.32. The Labute approximate surface area is 111 Å². The normalized spacial score (nSPS) is 10.1. The van der Waals surface area contributed by atoms with Crippen LogP contribution in [-0.4, -0.2) is 12.6 Å². The molecule has 92 valence electrons. The van der Waals surface area contributed by atoms with E-state index in [-0.39, 0.29) is 5.97 Å². The van der Waals surface area contributed by atoms with Gasteiger partial charge in [-0.15, -0.1) is 0 Å². The lowest BCUT2D eigenvalue weighted by Gasteiger charge is -2.05. The van der Waals surface area contributed by atoms with Crippen LogP contribution in [0.15, 0.2) is 48.5 Å². The van der Waals surface area contributed by atoms with Gasteiger partial charge in [0, 0.05) is 5.02 Å². The second-order valence-corrected chi connectivity index (χ2v) is 4.24. The number of carbonyl (C=O) groups is 1. The van der Waals surface area contributed by atoms with Crippen LogP contribution in [0.1, 0.15) is 17.3 Å². The van der Waals surface area contributed by atoms with E-state index < -0.39 is 0 Å². The quantitative estimate of drug-likeness (QED) is 0.774. The van der Waals surface area contributed by atoms with E-state index in [2.05, 4.69) is 0 Å². The molecule has 0 amide bonds. The summed E-state index contributed by atoms with van der Waals surface area (Å²) >= 11 is 5.85. The molecule has 18 heavy (non-hydrogen) atoms. The fraction of sp³-hybridized carbons (Fsp3) is 0.133. The molecule has 3 heteroatoms. The molecule has 2 nitrogen and oxygen atoms in total. The van der Waals surface area contributed by atoms with Crippen molar-refractivity contribution in [2.45, 2.75) is 6.92 Å². The molecule has 0 saturated heterocycles. The van der Waals surface area contributed by atoms with Crippen molar-refractivity contribution < 1.29 is 9.53 Å². The van der Waals surface area contributed by atoms with Gasteiger partial charge in [-0.25, -0.2) is 4.79 Å². The summed E-state index contributed by atoms with van der Waals surface area (Å²) in [6.45, 7) is 2.17. The predicted molar refractivity (Wildman–Crippen MR) is 72.8 cm³/mol. The van der Waals surface area contributed by atoms with Gasteiger partial charge in [0.15, 0.2) is 0 Å². The highest BCUT2D eigenvalue weighted by molar-refractivity contribution is 6.30. The Morgan fingerprint density at radius 3 is 2.50 bits per heavy atom. The van der Waals surface area contributed by atoms with Gasteiger partial charge < -0.3 is 4.74 Å². The molecular formula is C15H13ClO2. The molecule has 0 bridgehead atoms. The summed E-state index contributed by atoms with van der Waals surface area (Å²) in [5.41, 5.74) is 2.55. The van der Waals surface area contributed by atoms with Crippen LogP contribution in [-0.2, 0) is 4.74 Å². The SMILES string of the molecule is CCOC(=O)c1cccc(-c2ccc(Cl)cc2)c1. The summed E-state index contributed by atoms with van der Waals surface area (Å²) in [6.07, 6.45) is 0. The third-order valence-corrected chi connectivity index (χ3v) is 2.80. The van der Waals surface area contributed by atoms with Crippen LogP contribution in [0.5, 0.6) is 0 Å². The zero-order valence-corrected chi connectivity index (χ0v) is 10.8. The molecule has 0 aliphatic rings. The fourth-order valence-corrected chi connectivity index (χ4v) is 1.81. The molecule has 2 aromatic carbocycles. The van der Waals surface area contributed by atoms with Crippen molar-refractivity contribution in [2.24, 2.45) is 0 Å². The molecule has 0 aliphatic heterocycles. The Hall–Kier alpha value is -1.80. The Bertz CT molecular complexity index is 547. The molecule has 0 fully saturated rings. The topological polar surface area (TPSA) is 26.3 Å². The number of hydrogen-bond donors (Lipinski definition) is 0. The molecule has 0 N–H and O–H groups in total. The molecular weight excluding hydrogens is 248 g/mol. The number of carbonyl (C=O) groups excluding carboxylic acids is 1. The summed E-state index contributed by atoms with van der Waals surface area (Å²) in [4.78, 5) is 11.6. The summed E-state index contributed by atoms with van der Waals surface area (Å²) in [5, 5.41) is 0.695. The van der Waals surface area contributed by atoms with Gasteiger partial charge in [-0.2, -0.15) is 0 Å². The lowest BCUT2D eigenvalue weighted by molar-refractivity contribution is 0.0526. The molecule has 2 aromatic rings. The number of halogens is 1. The zero-order valence-electron chi connectivity index (χ0n) is 10.0. The zero-order chi connectivity index (χ0) is 13.0. The third kappa shape index (κ3) is 2.90. The molecule has 0 heterocycles. The Morgan fingerprint density at radius 1 is 1.11 bits per heavy atom. The minimum atomic E-state index is -0.298. The second-order valence-electron chi connectivity index (χ2n) is 3.81. The standard InChI is InChI=1S/C15H13ClO2/c1-2-18-15(17)13-5-3-4-12(10-13)11-6-8-14(16)9-7-11/h3-10H,2H2,1H3. The maximum absolute atomic E-state index is 11.6. The summed E-state index contributed by atoms with van der Waals surface area (Å²) in [5.74, 6) is -0.298. The van der Waals surface area contributed by atoms with Crippen LogP contribution in [0.2, 0.25) is 5.02 Å². The van der Waals surface area contributed by atoms with Crippen LogP contribution in [0.3, 0.4) is 0 Å². The first-order chi connectivity index (χ1) is 8.70. The van der Waals surface area contributed by atoms with E-state index in [1.807, 2.05) is 42.5 Å². The van der Waals surface area contributed by atoms with Crippen molar-refractivity contribution >= 4 is 17.6 Å². The van der Waals surface area contributed by atoms with Crippen molar-refractivity contribution in [3.05, 3.63) is 59.1 Å². The molecule has 0 aliphatic carbocycles. The number of hydrogen-bond acceptors (Lipinski definition) is 2. The fourth-order valence-electron chi connectivity index (χ4n) is 1.68. The van der Waals surface area contributed by atoms with E-state index in [1.165, 1.54) is 0 Å². The van der Waals surface area contributed by atoms with Gasteiger partial charge in [0.05, 0.1) is 12.2 Å². The average Bonchev–Trinajstić information content (AvgIpc) is 2.40. The van der Waals surface area contributed by atoms with Gasteiger partial charge in [0.25, 0.3) is 0 Å². The van der Waals surface area contributed by atoms with Gasteiger partial charge >= 0.3 is 5.97 Å². The van der Waals surface area contributed by atoms with Gasteiger partial charge in [-0.1, -0.05) is 35.9 Å². The number of rotatable bonds is 3. The first-order valence-electron chi connectivity index (χ1n) is 5.74. The molecule has 0 atom stereocenters. The van der Waals surface area contributed by atoms with Crippen LogP contribution in [0.4, 0.5) is 0 Å². The van der Waals surface area contributed by atoms with Gasteiger partial charge in [-0.3, -0.25) is 0 Å². The minimum Gasteiger partial charge on any atom is -0.462 e. The van der Waals surface area contributed by atoms with E-state index in [0.717, 1.165) is 11.1 Å². The highest BCUT2D eigenvalue weighted by atomic mass is 35.5. The van der Waals surface area contributed by atoms with Gasteiger partial charge in [-0.05, 0) is 42.3 Å². The number of benzene rings is 2. The van der Waals surface area contributed by atoms with E-state index in [4.69, 9.17) is 16.3 Å². The van der Waals surface area contributed by atoms with Crippen LogP contribution in [0.25, 0.3) is 11.1 Å². The molecule has 0 unspecified atom stereocenters. The van der Waals surface area contributed by atoms with Gasteiger partial charge in [0.2, 0.25) is 0 Å². The Morgan fingerprint density at radius 2 is 1.83 bits per heavy atom. The molecule has 0 spiro atoms. The molecule has 0 saturated carbocycles. The van der Waals surface area contributed by atoms with Crippen LogP contribution >= 0.6 is 11.6 Å². The number of ether oxygens (including phenoxy) is 1. The van der Waals surface area contributed by atoms with Gasteiger partial charge in [0.1, 0.15) is 0 Å². The Kier molecular flexibility index (Phi) is 4.00. The van der Waals surface area contributed by atoms with Crippen molar-refractivity contribution in [2.75, 3.05) is 6.61 Å². The van der Waals surface area contributed by atoms with E-state index >= 15 is 0 Å². The van der Waals surface area contributed by atoms with E-state index in [1.54, 1.807) is 13.0 Å². The average molecular weight is 261 g/mol. The maximum Gasteiger partial charge on any atom is 0.338 e. The van der Waals surface area contributed by atoms with Crippen molar-refractivity contribution in [1.82, 2.24) is 0 Å². The van der Waals surface area contributed by atoms with Crippen molar-refractivity contribution in [3.63, 3.8) is 0 Å². The first kappa shape index (κ1) is 12.7. The molecule has 0 aromatic heterocycles. The second kappa shape index (κ2) is 5.69. The third-order valence-electron chi connectivity index (χ3n) is 2.55. The lowest BCUT2D eigenvalue weighted by Crippen LogP contribution is -2.04. The van der Waals surface area contributed by atoms with Crippen molar-refractivity contribution in [3.8, 4) is 11.1 Å². The van der Waals surface area contributed by atoms with Crippen LogP contribution < -0.4 is 0 Å². The van der Waals surface area contributed by atoms with Crippen LogP contribution in [0, 0.1) is 0 Å². The molecule has 2 rings (SSSR count). The lowest BCUT2D eigenvalue weighted by atomic mass is 10.0. The predicted octanol–water partition coefficient (Wildman–Crippen LogP) is 4.18. The van der Waals surface area contributed by atoms with E-state index in [0.29, 0.717) is 17.2 Å². The largest absolute Gasteiger partial charge is 0.462 e. The summed E-state index contributed by atoms with van der Waals surface area (Å²) in [6, 6.07) is 14.9. The monoisotopic (exact) mass is 260 g/mol. The highest BCUT2D eigenvalue weighted by Crippen LogP contribution is 2.22. The highest BCUT2D eigenvalue weighted by Gasteiger charge is 2.07. The molecule has 0 radical (unpaired) electrons. The smallest absolute Gasteiger partial charge is 0.338 e. The first-order valence-corrected chi connectivity index (χ1v) is 6.11.